The van der Waals surface area contributed by atoms with Crippen LogP contribution in [-0.4, -0.2) is 26.0 Å². The molecule has 1 atom stereocenters. The second-order valence-corrected chi connectivity index (χ2v) is 7.93. The van der Waals surface area contributed by atoms with Gasteiger partial charge in [0.15, 0.2) is 5.76 Å². The molecule has 0 saturated heterocycles. The van der Waals surface area contributed by atoms with Gasteiger partial charge in [0.25, 0.3) is 5.91 Å². The van der Waals surface area contributed by atoms with Gasteiger partial charge in [-0.3, -0.25) is 4.79 Å². The lowest BCUT2D eigenvalue weighted by Crippen LogP contribution is -2.29. The first-order valence-electron chi connectivity index (χ1n) is 9.94. The SMILES string of the molecule is Cc1cc(NC(=O)c2occc2CN2c3ccccc3C[C@H]2C)ccc1N(C)C. The maximum Gasteiger partial charge on any atom is 0.291 e. The number of fused-ring (bicyclic) bond motifs is 1. The van der Waals surface area contributed by atoms with E-state index in [0.717, 1.165) is 28.9 Å². The number of aryl methyl sites for hydroxylation is 1. The van der Waals surface area contributed by atoms with Gasteiger partial charge in [0.1, 0.15) is 0 Å². The molecular weight excluding hydrogens is 362 g/mol. The molecule has 1 amide bonds. The number of anilines is 3. The zero-order valence-electron chi connectivity index (χ0n) is 17.4. The van der Waals surface area contributed by atoms with E-state index in [0.29, 0.717) is 18.3 Å². The van der Waals surface area contributed by atoms with Crippen molar-refractivity contribution in [2.45, 2.75) is 32.9 Å². The number of para-hydroxylation sites is 1. The Labute approximate surface area is 171 Å². The zero-order chi connectivity index (χ0) is 20.5. The number of rotatable bonds is 5. The molecule has 150 valence electrons. The van der Waals surface area contributed by atoms with Crippen LogP contribution in [0.3, 0.4) is 0 Å². The van der Waals surface area contributed by atoms with Gasteiger partial charge in [-0.05, 0) is 61.7 Å². The minimum absolute atomic E-state index is 0.220. The topological polar surface area (TPSA) is 48.7 Å². The highest BCUT2D eigenvalue weighted by Gasteiger charge is 2.27. The van der Waals surface area contributed by atoms with E-state index in [2.05, 4.69) is 46.3 Å². The van der Waals surface area contributed by atoms with Crippen LogP contribution in [0.5, 0.6) is 0 Å². The van der Waals surface area contributed by atoms with Crippen LogP contribution < -0.4 is 15.1 Å². The molecule has 0 radical (unpaired) electrons. The summed E-state index contributed by atoms with van der Waals surface area (Å²) in [4.78, 5) is 17.3. The van der Waals surface area contributed by atoms with Gasteiger partial charge in [0.05, 0.1) is 6.26 Å². The summed E-state index contributed by atoms with van der Waals surface area (Å²) in [5.74, 6) is 0.151. The third-order valence-corrected chi connectivity index (χ3v) is 5.58. The van der Waals surface area contributed by atoms with E-state index in [4.69, 9.17) is 4.42 Å². The van der Waals surface area contributed by atoms with Crippen molar-refractivity contribution in [3.8, 4) is 0 Å². The Morgan fingerprint density at radius 2 is 2.00 bits per heavy atom. The number of carbonyl (C=O) groups excluding carboxylic acids is 1. The first-order chi connectivity index (χ1) is 13.9. The van der Waals surface area contributed by atoms with Crippen molar-refractivity contribution in [2.24, 2.45) is 0 Å². The van der Waals surface area contributed by atoms with Crippen LogP contribution >= 0.6 is 0 Å². The van der Waals surface area contributed by atoms with Crippen LogP contribution in [0.15, 0.2) is 59.2 Å². The van der Waals surface area contributed by atoms with Crippen molar-refractivity contribution in [1.29, 1.82) is 0 Å². The van der Waals surface area contributed by atoms with Crippen molar-refractivity contribution >= 4 is 23.0 Å². The molecule has 1 aliphatic rings. The van der Waals surface area contributed by atoms with Crippen molar-refractivity contribution in [3.05, 3.63) is 77.2 Å². The van der Waals surface area contributed by atoms with Gasteiger partial charge >= 0.3 is 0 Å². The Kier molecular flexibility index (Phi) is 5.05. The fraction of sp³-hybridized carbons (Fsp3) is 0.292. The van der Waals surface area contributed by atoms with Gasteiger partial charge in [-0.25, -0.2) is 0 Å². The highest BCUT2D eigenvalue weighted by Crippen LogP contribution is 2.33. The Balaban J connectivity index is 1.52. The molecular formula is C24H27N3O2. The van der Waals surface area contributed by atoms with Crippen molar-refractivity contribution in [1.82, 2.24) is 0 Å². The molecule has 1 aromatic heterocycles. The highest BCUT2D eigenvalue weighted by molar-refractivity contribution is 6.03. The van der Waals surface area contributed by atoms with Gasteiger partial charge in [-0.1, -0.05) is 18.2 Å². The predicted molar refractivity (Wildman–Crippen MR) is 118 cm³/mol. The van der Waals surface area contributed by atoms with Gasteiger partial charge in [-0.15, -0.1) is 0 Å². The summed E-state index contributed by atoms with van der Waals surface area (Å²) in [7, 11) is 4.01. The molecule has 0 unspecified atom stereocenters. The molecule has 1 aliphatic heterocycles. The number of hydrogen-bond acceptors (Lipinski definition) is 4. The summed E-state index contributed by atoms with van der Waals surface area (Å²) in [6.45, 7) is 4.90. The van der Waals surface area contributed by atoms with Gasteiger partial charge in [0.2, 0.25) is 0 Å². The molecule has 0 saturated carbocycles. The number of nitrogens with one attached hydrogen (secondary N) is 1. The minimum Gasteiger partial charge on any atom is -0.459 e. The van der Waals surface area contributed by atoms with Crippen molar-refractivity contribution in [2.75, 3.05) is 29.2 Å². The Morgan fingerprint density at radius 1 is 1.21 bits per heavy atom. The normalized spacial score (nSPS) is 15.3. The van der Waals surface area contributed by atoms with Crippen LogP contribution in [-0.2, 0) is 13.0 Å². The molecule has 0 fully saturated rings. The van der Waals surface area contributed by atoms with E-state index in [1.54, 1.807) is 6.26 Å². The smallest absolute Gasteiger partial charge is 0.291 e. The molecule has 3 aromatic rings. The average molecular weight is 389 g/mol. The van der Waals surface area contributed by atoms with Crippen LogP contribution in [0.2, 0.25) is 0 Å². The van der Waals surface area contributed by atoms with E-state index >= 15 is 0 Å². The number of furan rings is 1. The summed E-state index contributed by atoms with van der Waals surface area (Å²) in [5, 5.41) is 2.98. The van der Waals surface area contributed by atoms with Crippen molar-refractivity contribution in [3.63, 3.8) is 0 Å². The lowest BCUT2D eigenvalue weighted by molar-refractivity contribution is 0.0995. The van der Waals surface area contributed by atoms with Crippen molar-refractivity contribution < 1.29 is 9.21 Å². The minimum atomic E-state index is -0.220. The lowest BCUT2D eigenvalue weighted by Gasteiger charge is -2.24. The molecule has 0 bridgehead atoms. The van der Waals surface area contributed by atoms with Crippen LogP contribution in [0.1, 0.15) is 34.2 Å². The summed E-state index contributed by atoms with van der Waals surface area (Å²) in [6, 6.07) is 16.7. The fourth-order valence-corrected chi connectivity index (χ4v) is 4.14. The molecule has 1 N–H and O–H groups in total. The molecule has 2 aromatic carbocycles. The zero-order valence-corrected chi connectivity index (χ0v) is 17.4. The molecule has 2 heterocycles. The molecule has 5 nitrogen and oxygen atoms in total. The quantitative estimate of drug-likeness (QED) is 0.677. The number of amides is 1. The second-order valence-electron chi connectivity index (χ2n) is 7.93. The van der Waals surface area contributed by atoms with E-state index in [1.807, 2.05) is 45.3 Å². The molecule has 5 heteroatoms. The summed E-state index contributed by atoms with van der Waals surface area (Å²) in [5.41, 5.74) is 6.49. The summed E-state index contributed by atoms with van der Waals surface area (Å²) in [6.07, 6.45) is 2.62. The third kappa shape index (κ3) is 3.73. The summed E-state index contributed by atoms with van der Waals surface area (Å²) < 4.78 is 5.58. The monoisotopic (exact) mass is 389 g/mol. The Bertz CT molecular complexity index is 1040. The van der Waals surface area contributed by atoms with E-state index in [-0.39, 0.29) is 5.91 Å². The summed E-state index contributed by atoms with van der Waals surface area (Å²) >= 11 is 0. The molecule has 0 spiro atoms. The molecule has 4 rings (SSSR count). The molecule has 0 aliphatic carbocycles. The highest BCUT2D eigenvalue weighted by atomic mass is 16.3. The Morgan fingerprint density at radius 3 is 2.76 bits per heavy atom. The van der Waals surface area contributed by atoms with E-state index in [1.165, 1.54) is 11.3 Å². The third-order valence-electron chi connectivity index (χ3n) is 5.58. The van der Waals surface area contributed by atoms with Crippen LogP contribution in [0.25, 0.3) is 0 Å². The Hall–Kier alpha value is -3.21. The number of hydrogen-bond donors (Lipinski definition) is 1. The first kappa shape index (κ1) is 19.1. The maximum atomic E-state index is 12.9. The fourth-order valence-electron chi connectivity index (χ4n) is 4.14. The number of benzene rings is 2. The standard InChI is InChI=1S/C24H27N3O2/c1-16-13-20(9-10-21(16)26(3)4)25-24(28)23-19(11-12-29-23)15-27-17(2)14-18-7-5-6-8-22(18)27/h5-13,17H,14-15H2,1-4H3,(H,25,28)/t17-/m1/s1. The van der Waals surface area contributed by atoms with Crippen LogP contribution in [0, 0.1) is 6.92 Å². The predicted octanol–water partition coefficient (Wildman–Crippen LogP) is 4.86. The van der Waals surface area contributed by atoms with E-state index in [9.17, 15) is 4.79 Å². The molecule has 29 heavy (non-hydrogen) atoms. The van der Waals surface area contributed by atoms with Gasteiger partial charge in [-0.2, -0.15) is 0 Å². The second kappa shape index (κ2) is 7.66. The first-order valence-corrected chi connectivity index (χ1v) is 9.94. The van der Waals surface area contributed by atoms with Gasteiger partial charge in [0, 0.05) is 49.3 Å². The lowest BCUT2D eigenvalue weighted by atomic mass is 10.1. The van der Waals surface area contributed by atoms with Gasteiger partial charge < -0.3 is 19.5 Å². The maximum absolute atomic E-state index is 12.9. The number of nitrogens with zero attached hydrogens (tertiary/aromatic N) is 2. The average Bonchev–Trinajstić information content (AvgIpc) is 3.26. The number of carbonyl (C=O) groups is 1. The van der Waals surface area contributed by atoms with E-state index < -0.39 is 0 Å². The largest absolute Gasteiger partial charge is 0.459 e. The van der Waals surface area contributed by atoms with Crippen LogP contribution in [0.4, 0.5) is 17.1 Å².